The average Bonchev–Trinajstić information content (AvgIpc) is 2.32. The summed E-state index contributed by atoms with van der Waals surface area (Å²) in [6.45, 7) is 6.61. The number of hydrogen-bond acceptors (Lipinski definition) is 3. The van der Waals surface area contributed by atoms with E-state index in [1.165, 1.54) is 0 Å². The molecule has 0 aliphatic carbocycles. The van der Waals surface area contributed by atoms with Gasteiger partial charge in [-0.05, 0) is 38.5 Å². The first-order valence-corrected chi connectivity index (χ1v) is 6.42. The molecule has 1 rings (SSSR count). The van der Waals surface area contributed by atoms with Gasteiger partial charge in [0.05, 0.1) is 11.8 Å². The molecule has 1 aromatic carbocycles. The molecule has 0 radical (unpaired) electrons. The molecular formula is C14H22N2O2. The van der Waals surface area contributed by atoms with Gasteiger partial charge in [-0.15, -0.1) is 0 Å². The lowest BCUT2D eigenvalue weighted by Crippen LogP contribution is -2.22. The molecule has 100 valence electrons. The predicted octanol–water partition coefficient (Wildman–Crippen LogP) is 2.59. The second kappa shape index (κ2) is 6.89. The maximum atomic E-state index is 11.6. The molecule has 0 aromatic heterocycles. The van der Waals surface area contributed by atoms with Gasteiger partial charge in [-0.25, -0.2) is 0 Å². The zero-order valence-electron chi connectivity index (χ0n) is 11.3. The number of amides is 1. The van der Waals surface area contributed by atoms with Gasteiger partial charge in [-0.2, -0.15) is 0 Å². The zero-order chi connectivity index (χ0) is 13.5. The summed E-state index contributed by atoms with van der Waals surface area (Å²) in [5.41, 5.74) is 6.96. The Hall–Kier alpha value is -1.71. The third-order valence-corrected chi connectivity index (χ3v) is 2.63. The number of carbonyl (C=O) groups is 1. The number of nitrogen functional groups attached to an aromatic ring is 1. The molecule has 0 aliphatic heterocycles. The largest absolute Gasteiger partial charge is 0.489 e. The minimum atomic E-state index is -0.114. The lowest BCUT2D eigenvalue weighted by molar-refractivity contribution is 0.0956. The Balaban J connectivity index is 2.76. The van der Waals surface area contributed by atoms with E-state index in [9.17, 15) is 4.79 Å². The predicted molar refractivity (Wildman–Crippen MR) is 73.9 cm³/mol. The van der Waals surface area contributed by atoms with E-state index in [1.807, 2.05) is 13.8 Å². The molecule has 0 saturated carbocycles. The fourth-order valence-electron chi connectivity index (χ4n) is 1.74. The van der Waals surface area contributed by atoms with Gasteiger partial charge >= 0.3 is 0 Å². The molecule has 0 saturated heterocycles. The Bertz CT molecular complexity index is 405. The van der Waals surface area contributed by atoms with Crippen LogP contribution in [0.15, 0.2) is 18.2 Å². The van der Waals surface area contributed by atoms with Crippen molar-refractivity contribution in [2.45, 2.75) is 39.7 Å². The van der Waals surface area contributed by atoms with E-state index in [4.69, 9.17) is 10.5 Å². The van der Waals surface area contributed by atoms with Crippen LogP contribution in [0.25, 0.3) is 0 Å². The molecule has 0 aliphatic rings. The highest BCUT2D eigenvalue weighted by Gasteiger charge is 2.10. The van der Waals surface area contributed by atoms with Crippen molar-refractivity contribution in [3.05, 3.63) is 23.8 Å². The second-order valence-corrected chi connectivity index (χ2v) is 4.33. The first-order valence-electron chi connectivity index (χ1n) is 6.42. The monoisotopic (exact) mass is 250 g/mol. The number of ether oxygens (including phenoxy) is 1. The van der Waals surface area contributed by atoms with Gasteiger partial charge < -0.3 is 15.8 Å². The van der Waals surface area contributed by atoms with Crippen LogP contribution >= 0.6 is 0 Å². The fourth-order valence-corrected chi connectivity index (χ4v) is 1.74. The van der Waals surface area contributed by atoms with Gasteiger partial charge in [-0.3, -0.25) is 4.79 Å². The smallest absolute Gasteiger partial charge is 0.251 e. The Morgan fingerprint density at radius 3 is 2.72 bits per heavy atom. The minimum Gasteiger partial charge on any atom is -0.489 e. The molecule has 3 N–H and O–H groups in total. The van der Waals surface area contributed by atoms with Crippen LogP contribution < -0.4 is 15.8 Å². The van der Waals surface area contributed by atoms with Crippen LogP contribution in [0, 0.1) is 0 Å². The van der Waals surface area contributed by atoms with Crippen molar-refractivity contribution in [2.75, 3.05) is 12.3 Å². The summed E-state index contributed by atoms with van der Waals surface area (Å²) in [6, 6.07) is 5.14. The lowest BCUT2D eigenvalue weighted by Gasteiger charge is -2.16. The van der Waals surface area contributed by atoms with E-state index >= 15 is 0 Å². The first kappa shape index (κ1) is 14.4. The zero-order valence-corrected chi connectivity index (χ0v) is 11.3. The molecule has 4 nitrogen and oxygen atoms in total. The normalized spacial score (nSPS) is 11.9. The van der Waals surface area contributed by atoms with Crippen molar-refractivity contribution >= 4 is 11.6 Å². The summed E-state index contributed by atoms with van der Waals surface area (Å²) >= 11 is 0. The average molecular weight is 250 g/mol. The Labute approximate surface area is 109 Å². The van der Waals surface area contributed by atoms with Crippen LogP contribution in [0.2, 0.25) is 0 Å². The van der Waals surface area contributed by atoms with Crippen LogP contribution in [0.5, 0.6) is 5.75 Å². The molecule has 0 heterocycles. The van der Waals surface area contributed by atoms with Gasteiger partial charge in [0.2, 0.25) is 0 Å². The highest BCUT2D eigenvalue weighted by molar-refractivity contribution is 5.95. The van der Waals surface area contributed by atoms with E-state index in [0.717, 1.165) is 12.8 Å². The number of anilines is 1. The summed E-state index contributed by atoms with van der Waals surface area (Å²) in [4.78, 5) is 11.6. The van der Waals surface area contributed by atoms with Crippen molar-refractivity contribution in [2.24, 2.45) is 0 Å². The first-order chi connectivity index (χ1) is 8.58. The number of nitrogens with one attached hydrogen (secondary N) is 1. The number of benzene rings is 1. The van der Waals surface area contributed by atoms with Crippen LogP contribution in [-0.2, 0) is 0 Å². The van der Waals surface area contributed by atoms with Crippen LogP contribution in [0.4, 0.5) is 5.69 Å². The second-order valence-electron chi connectivity index (χ2n) is 4.33. The summed E-state index contributed by atoms with van der Waals surface area (Å²) < 4.78 is 5.72. The van der Waals surface area contributed by atoms with Crippen LogP contribution in [0.1, 0.15) is 44.0 Å². The topological polar surface area (TPSA) is 64.3 Å². The van der Waals surface area contributed by atoms with Crippen molar-refractivity contribution in [3.63, 3.8) is 0 Å². The molecule has 18 heavy (non-hydrogen) atoms. The van der Waals surface area contributed by atoms with E-state index in [2.05, 4.69) is 12.2 Å². The maximum absolute atomic E-state index is 11.6. The number of carbonyl (C=O) groups excluding carboxylic acids is 1. The summed E-state index contributed by atoms with van der Waals surface area (Å²) in [5, 5.41) is 2.73. The van der Waals surface area contributed by atoms with E-state index in [1.54, 1.807) is 18.2 Å². The third kappa shape index (κ3) is 3.95. The van der Waals surface area contributed by atoms with Crippen molar-refractivity contribution in [1.29, 1.82) is 0 Å². The highest BCUT2D eigenvalue weighted by atomic mass is 16.5. The number of rotatable bonds is 6. The summed E-state index contributed by atoms with van der Waals surface area (Å²) in [6.07, 6.45) is 2.18. The molecule has 0 fully saturated rings. The van der Waals surface area contributed by atoms with Crippen molar-refractivity contribution < 1.29 is 9.53 Å². The fraction of sp³-hybridized carbons (Fsp3) is 0.500. The Morgan fingerprint density at radius 1 is 1.44 bits per heavy atom. The quantitative estimate of drug-likeness (QED) is 0.763. The molecule has 1 amide bonds. The molecule has 0 spiro atoms. The SMILES string of the molecule is CCCC(C)Oc1ccc(C(=O)NCC)cc1N. The number of nitrogens with two attached hydrogens (primary N) is 1. The Morgan fingerprint density at radius 2 is 2.17 bits per heavy atom. The third-order valence-electron chi connectivity index (χ3n) is 2.63. The Kier molecular flexibility index (Phi) is 5.49. The van der Waals surface area contributed by atoms with Gasteiger partial charge in [-0.1, -0.05) is 13.3 Å². The maximum Gasteiger partial charge on any atom is 0.251 e. The molecule has 4 heteroatoms. The molecule has 1 atom stereocenters. The van der Waals surface area contributed by atoms with Crippen LogP contribution in [0.3, 0.4) is 0 Å². The van der Waals surface area contributed by atoms with E-state index in [-0.39, 0.29) is 12.0 Å². The van der Waals surface area contributed by atoms with Gasteiger partial charge in [0.25, 0.3) is 5.91 Å². The summed E-state index contributed by atoms with van der Waals surface area (Å²) in [7, 11) is 0. The lowest BCUT2D eigenvalue weighted by atomic mass is 10.1. The molecular weight excluding hydrogens is 228 g/mol. The molecule has 1 unspecified atom stereocenters. The van der Waals surface area contributed by atoms with Gasteiger partial charge in [0.1, 0.15) is 5.75 Å². The van der Waals surface area contributed by atoms with E-state index in [0.29, 0.717) is 23.5 Å². The van der Waals surface area contributed by atoms with Gasteiger partial charge in [0, 0.05) is 12.1 Å². The van der Waals surface area contributed by atoms with Gasteiger partial charge in [0.15, 0.2) is 0 Å². The molecule has 0 bridgehead atoms. The van der Waals surface area contributed by atoms with Crippen molar-refractivity contribution in [3.8, 4) is 5.75 Å². The standard InChI is InChI=1S/C14H22N2O2/c1-4-6-10(3)18-13-8-7-11(9-12(13)15)14(17)16-5-2/h7-10H,4-6,15H2,1-3H3,(H,16,17). The highest BCUT2D eigenvalue weighted by Crippen LogP contribution is 2.24. The van der Waals surface area contributed by atoms with Crippen LogP contribution in [-0.4, -0.2) is 18.6 Å². The van der Waals surface area contributed by atoms with E-state index < -0.39 is 0 Å². The minimum absolute atomic E-state index is 0.114. The van der Waals surface area contributed by atoms with Crippen molar-refractivity contribution in [1.82, 2.24) is 5.32 Å². The summed E-state index contributed by atoms with van der Waals surface area (Å²) in [5.74, 6) is 0.529. The molecule has 1 aromatic rings. The number of hydrogen-bond donors (Lipinski definition) is 2.